The van der Waals surface area contributed by atoms with Crippen molar-refractivity contribution in [3.63, 3.8) is 0 Å². The zero-order valence-electron chi connectivity index (χ0n) is 9.95. The zero-order chi connectivity index (χ0) is 12.5. The molecule has 1 aromatic carbocycles. The summed E-state index contributed by atoms with van der Waals surface area (Å²) in [6.07, 6.45) is 0.892. The number of anilines is 1. The van der Waals surface area contributed by atoms with Crippen LogP contribution in [0.4, 0.5) is 10.1 Å². The second-order valence-electron chi connectivity index (χ2n) is 3.49. The smallest absolute Gasteiger partial charge is 0.124 e. The van der Waals surface area contributed by atoms with Gasteiger partial charge in [0.2, 0.25) is 0 Å². The molecule has 0 radical (unpaired) electrons. The van der Waals surface area contributed by atoms with Crippen LogP contribution in [0, 0.1) is 5.82 Å². The maximum absolute atomic E-state index is 12.9. The van der Waals surface area contributed by atoms with Crippen LogP contribution in [0.15, 0.2) is 23.1 Å². The standard InChI is InChI=1S/C12H18FNO2S/c1-15-5-2-6-16-7-8-17-12-9-10(13)3-4-11(12)14/h3-4,9H,2,5-8,14H2,1H3. The molecule has 0 aromatic heterocycles. The molecule has 1 aromatic rings. The van der Waals surface area contributed by atoms with Gasteiger partial charge in [-0.15, -0.1) is 11.8 Å². The molecule has 0 unspecified atom stereocenters. The highest BCUT2D eigenvalue weighted by Crippen LogP contribution is 2.25. The van der Waals surface area contributed by atoms with E-state index in [2.05, 4.69) is 0 Å². The number of methoxy groups -OCH3 is 1. The predicted octanol–water partition coefficient (Wildman–Crippen LogP) is 2.55. The first-order valence-electron chi connectivity index (χ1n) is 5.48. The molecule has 0 saturated heterocycles. The van der Waals surface area contributed by atoms with Gasteiger partial charge in [0.25, 0.3) is 0 Å². The van der Waals surface area contributed by atoms with Crippen LogP contribution in [0.5, 0.6) is 0 Å². The van der Waals surface area contributed by atoms with Crippen molar-refractivity contribution in [3.05, 3.63) is 24.0 Å². The van der Waals surface area contributed by atoms with Gasteiger partial charge in [-0.1, -0.05) is 0 Å². The third-order valence-electron chi connectivity index (χ3n) is 2.10. The summed E-state index contributed by atoms with van der Waals surface area (Å²) in [6.45, 7) is 2.03. The van der Waals surface area contributed by atoms with Crippen LogP contribution in [0.3, 0.4) is 0 Å². The number of hydrogen-bond acceptors (Lipinski definition) is 4. The van der Waals surface area contributed by atoms with Gasteiger partial charge in [0.05, 0.1) is 6.61 Å². The number of nitrogens with two attached hydrogens (primary N) is 1. The Bertz CT molecular complexity index is 336. The van der Waals surface area contributed by atoms with Gasteiger partial charge in [0.15, 0.2) is 0 Å². The second-order valence-corrected chi connectivity index (χ2v) is 4.63. The summed E-state index contributed by atoms with van der Waals surface area (Å²) in [5.41, 5.74) is 6.33. The molecular formula is C12H18FNO2S. The summed E-state index contributed by atoms with van der Waals surface area (Å²) in [7, 11) is 1.67. The highest BCUT2D eigenvalue weighted by molar-refractivity contribution is 7.99. The van der Waals surface area contributed by atoms with Crippen LogP contribution in [-0.2, 0) is 9.47 Å². The Hall–Kier alpha value is -0.780. The average molecular weight is 259 g/mol. The lowest BCUT2D eigenvalue weighted by Gasteiger charge is -2.06. The summed E-state index contributed by atoms with van der Waals surface area (Å²) < 4.78 is 23.2. The van der Waals surface area contributed by atoms with E-state index < -0.39 is 0 Å². The maximum atomic E-state index is 12.9. The van der Waals surface area contributed by atoms with Crippen LogP contribution < -0.4 is 5.73 Å². The second kappa shape index (κ2) is 8.33. The Morgan fingerprint density at radius 2 is 2.12 bits per heavy atom. The van der Waals surface area contributed by atoms with E-state index in [9.17, 15) is 4.39 Å². The van der Waals surface area contributed by atoms with Crippen molar-refractivity contribution >= 4 is 17.4 Å². The molecule has 1 rings (SSSR count). The molecule has 0 aliphatic rings. The number of rotatable bonds is 8. The SMILES string of the molecule is COCCCOCCSc1cc(F)ccc1N. The van der Waals surface area contributed by atoms with E-state index in [1.807, 2.05) is 0 Å². The van der Waals surface area contributed by atoms with E-state index in [4.69, 9.17) is 15.2 Å². The van der Waals surface area contributed by atoms with E-state index >= 15 is 0 Å². The molecule has 0 spiro atoms. The van der Waals surface area contributed by atoms with Gasteiger partial charge in [0.1, 0.15) is 5.82 Å². The summed E-state index contributed by atoms with van der Waals surface area (Å²) in [4.78, 5) is 0.769. The lowest BCUT2D eigenvalue weighted by atomic mass is 10.3. The molecule has 0 amide bonds. The topological polar surface area (TPSA) is 44.5 Å². The zero-order valence-corrected chi connectivity index (χ0v) is 10.8. The molecule has 0 fully saturated rings. The van der Waals surface area contributed by atoms with Gasteiger partial charge >= 0.3 is 0 Å². The molecule has 2 N–H and O–H groups in total. The van der Waals surface area contributed by atoms with Gasteiger partial charge in [-0.3, -0.25) is 0 Å². The first-order chi connectivity index (χ1) is 8.24. The highest BCUT2D eigenvalue weighted by Gasteiger charge is 2.01. The Balaban J connectivity index is 2.15. The fourth-order valence-electron chi connectivity index (χ4n) is 1.25. The van der Waals surface area contributed by atoms with Gasteiger partial charge in [-0.2, -0.15) is 0 Å². The monoisotopic (exact) mass is 259 g/mol. The minimum Gasteiger partial charge on any atom is -0.398 e. The largest absolute Gasteiger partial charge is 0.398 e. The van der Waals surface area contributed by atoms with Crippen molar-refractivity contribution < 1.29 is 13.9 Å². The minimum absolute atomic E-state index is 0.261. The van der Waals surface area contributed by atoms with Crippen molar-refractivity contribution in [2.24, 2.45) is 0 Å². The number of nitrogen functional groups attached to an aromatic ring is 1. The van der Waals surface area contributed by atoms with Gasteiger partial charge < -0.3 is 15.2 Å². The first kappa shape index (κ1) is 14.3. The Labute approximate surface area is 105 Å². The summed E-state index contributed by atoms with van der Waals surface area (Å²) in [5, 5.41) is 0. The van der Waals surface area contributed by atoms with E-state index in [0.29, 0.717) is 25.5 Å². The van der Waals surface area contributed by atoms with E-state index in [1.54, 1.807) is 13.2 Å². The molecule has 5 heteroatoms. The number of thioether (sulfide) groups is 1. The van der Waals surface area contributed by atoms with Crippen molar-refractivity contribution in [1.29, 1.82) is 0 Å². The fraction of sp³-hybridized carbons (Fsp3) is 0.500. The van der Waals surface area contributed by atoms with Gasteiger partial charge in [-0.25, -0.2) is 4.39 Å². The Morgan fingerprint density at radius 1 is 1.29 bits per heavy atom. The van der Waals surface area contributed by atoms with Crippen LogP contribution in [0.2, 0.25) is 0 Å². The van der Waals surface area contributed by atoms with Crippen molar-refractivity contribution in [3.8, 4) is 0 Å². The van der Waals surface area contributed by atoms with E-state index in [1.165, 1.54) is 23.9 Å². The quantitative estimate of drug-likeness (QED) is 0.443. The van der Waals surface area contributed by atoms with Gasteiger partial charge in [-0.05, 0) is 24.6 Å². The molecule has 96 valence electrons. The van der Waals surface area contributed by atoms with Crippen LogP contribution in [-0.4, -0.2) is 32.7 Å². The number of halogens is 1. The molecule has 0 aliphatic carbocycles. The predicted molar refractivity (Wildman–Crippen MR) is 68.8 cm³/mol. The number of ether oxygens (including phenoxy) is 2. The number of benzene rings is 1. The Morgan fingerprint density at radius 3 is 2.88 bits per heavy atom. The molecule has 0 atom stereocenters. The lowest BCUT2D eigenvalue weighted by Crippen LogP contribution is -2.02. The minimum atomic E-state index is -0.261. The fourth-order valence-corrected chi connectivity index (χ4v) is 2.10. The third-order valence-corrected chi connectivity index (χ3v) is 3.13. The van der Waals surface area contributed by atoms with Crippen molar-refractivity contribution in [2.75, 3.05) is 38.4 Å². The molecular weight excluding hydrogens is 241 g/mol. The molecule has 0 heterocycles. The number of hydrogen-bond donors (Lipinski definition) is 1. The van der Waals surface area contributed by atoms with Crippen molar-refractivity contribution in [2.45, 2.75) is 11.3 Å². The summed E-state index contributed by atoms with van der Waals surface area (Å²) in [5.74, 6) is 0.503. The molecule has 17 heavy (non-hydrogen) atoms. The molecule has 0 aliphatic heterocycles. The molecule has 3 nitrogen and oxygen atoms in total. The molecule has 0 bridgehead atoms. The van der Waals surface area contributed by atoms with Crippen LogP contribution >= 0.6 is 11.8 Å². The van der Waals surface area contributed by atoms with E-state index in [-0.39, 0.29) is 5.82 Å². The highest BCUT2D eigenvalue weighted by atomic mass is 32.2. The van der Waals surface area contributed by atoms with E-state index in [0.717, 1.165) is 17.1 Å². The van der Waals surface area contributed by atoms with Gasteiger partial charge in [0, 0.05) is 36.7 Å². The first-order valence-corrected chi connectivity index (χ1v) is 6.47. The van der Waals surface area contributed by atoms with Crippen LogP contribution in [0.25, 0.3) is 0 Å². The maximum Gasteiger partial charge on any atom is 0.124 e. The Kier molecular flexibility index (Phi) is 7.00. The average Bonchev–Trinajstić information content (AvgIpc) is 2.32. The third kappa shape index (κ3) is 5.91. The van der Waals surface area contributed by atoms with Crippen molar-refractivity contribution in [1.82, 2.24) is 0 Å². The lowest BCUT2D eigenvalue weighted by molar-refractivity contribution is 0.113. The molecule has 0 saturated carbocycles. The van der Waals surface area contributed by atoms with Crippen LogP contribution in [0.1, 0.15) is 6.42 Å². The summed E-state index contributed by atoms with van der Waals surface area (Å²) in [6, 6.07) is 4.39. The summed E-state index contributed by atoms with van der Waals surface area (Å²) >= 11 is 1.50. The normalized spacial score (nSPS) is 10.7.